The largest absolute Gasteiger partial charge is 0.391 e. The lowest BCUT2D eigenvalue weighted by molar-refractivity contribution is 0.188. The van der Waals surface area contributed by atoms with E-state index in [1.54, 1.807) is 14.0 Å². The third-order valence-corrected chi connectivity index (χ3v) is 4.85. The van der Waals surface area contributed by atoms with Crippen LogP contribution in [0, 0.1) is 0 Å². The lowest BCUT2D eigenvalue weighted by Gasteiger charge is -2.12. The van der Waals surface area contributed by atoms with Crippen LogP contribution < -0.4 is 4.72 Å². The fourth-order valence-corrected chi connectivity index (χ4v) is 3.68. The normalized spacial score (nSPS) is 13.8. The molecule has 1 heterocycles. The van der Waals surface area contributed by atoms with E-state index in [0.717, 1.165) is 0 Å². The van der Waals surface area contributed by atoms with Gasteiger partial charge in [0.2, 0.25) is 10.0 Å². The molecule has 1 aromatic heterocycles. The molecule has 1 rings (SSSR count). The predicted molar refractivity (Wildman–Crippen MR) is 66.5 cm³/mol. The Balaban J connectivity index is 2.68. The van der Waals surface area contributed by atoms with Gasteiger partial charge in [-0.2, -0.15) is 0 Å². The number of sulfonamides is 1. The molecule has 17 heavy (non-hydrogen) atoms. The first-order chi connectivity index (χ1) is 7.99. The number of aliphatic hydroxyl groups is 1. The van der Waals surface area contributed by atoms with Crippen LogP contribution in [-0.4, -0.2) is 33.3 Å². The molecule has 0 saturated carbocycles. The van der Waals surface area contributed by atoms with Crippen LogP contribution in [0.15, 0.2) is 16.3 Å². The Morgan fingerprint density at radius 3 is 2.82 bits per heavy atom. The van der Waals surface area contributed by atoms with Crippen LogP contribution in [0.3, 0.4) is 0 Å². The number of hydrogen-bond donors (Lipinski definition) is 2. The van der Waals surface area contributed by atoms with E-state index in [9.17, 15) is 8.42 Å². The van der Waals surface area contributed by atoms with E-state index in [4.69, 9.17) is 9.84 Å². The molecular weight excluding hydrogens is 262 g/mol. The fourth-order valence-electron chi connectivity index (χ4n) is 1.27. The topological polar surface area (TPSA) is 75.6 Å². The molecule has 0 aliphatic heterocycles. The summed E-state index contributed by atoms with van der Waals surface area (Å²) in [6.45, 7) is 2.16. The quantitative estimate of drug-likeness (QED) is 0.779. The highest BCUT2D eigenvalue weighted by atomic mass is 32.2. The minimum absolute atomic E-state index is 0.139. The Morgan fingerprint density at radius 1 is 1.59 bits per heavy atom. The molecule has 98 valence electrons. The van der Waals surface area contributed by atoms with Gasteiger partial charge in [-0.1, -0.05) is 0 Å². The molecular formula is C10H17NO4S2. The van der Waals surface area contributed by atoms with Crippen molar-refractivity contribution in [2.45, 2.75) is 30.9 Å². The van der Waals surface area contributed by atoms with Gasteiger partial charge in [0, 0.05) is 30.0 Å². The molecule has 0 aliphatic carbocycles. The number of ether oxygens (including phenoxy) is 1. The van der Waals surface area contributed by atoms with Crippen molar-refractivity contribution in [1.29, 1.82) is 0 Å². The van der Waals surface area contributed by atoms with Crippen LogP contribution in [-0.2, 0) is 21.4 Å². The molecule has 0 aliphatic rings. The van der Waals surface area contributed by atoms with Crippen molar-refractivity contribution in [3.63, 3.8) is 0 Å². The Hall–Kier alpha value is -0.470. The van der Waals surface area contributed by atoms with Crippen LogP contribution in [0.25, 0.3) is 0 Å². The summed E-state index contributed by atoms with van der Waals surface area (Å²) in [7, 11) is -1.91. The second-order valence-corrected chi connectivity index (χ2v) is 6.42. The second-order valence-electron chi connectivity index (χ2n) is 3.71. The Kier molecular flexibility index (Phi) is 5.54. The number of thiophene rings is 1. The van der Waals surface area contributed by atoms with Crippen LogP contribution in [0.2, 0.25) is 0 Å². The van der Waals surface area contributed by atoms with Gasteiger partial charge in [0.1, 0.15) is 0 Å². The van der Waals surface area contributed by atoms with Crippen molar-refractivity contribution in [2.75, 3.05) is 13.7 Å². The number of hydrogen-bond acceptors (Lipinski definition) is 5. The lowest BCUT2D eigenvalue weighted by Crippen LogP contribution is -2.33. The van der Waals surface area contributed by atoms with Gasteiger partial charge < -0.3 is 9.84 Å². The Bertz CT molecular complexity index is 441. The number of methoxy groups -OCH3 is 1. The van der Waals surface area contributed by atoms with E-state index in [1.165, 1.54) is 22.8 Å². The van der Waals surface area contributed by atoms with Crippen molar-refractivity contribution in [1.82, 2.24) is 4.72 Å². The smallest absolute Gasteiger partial charge is 0.241 e. The van der Waals surface area contributed by atoms with Crippen LogP contribution in [0.1, 0.15) is 18.2 Å². The van der Waals surface area contributed by atoms with Crippen molar-refractivity contribution in [3.8, 4) is 0 Å². The highest BCUT2D eigenvalue weighted by Gasteiger charge is 2.18. The second kappa shape index (κ2) is 6.46. The van der Waals surface area contributed by atoms with Crippen molar-refractivity contribution in [3.05, 3.63) is 16.3 Å². The molecule has 2 N–H and O–H groups in total. The van der Waals surface area contributed by atoms with Crippen molar-refractivity contribution in [2.24, 2.45) is 0 Å². The lowest BCUT2D eigenvalue weighted by atomic mass is 10.3. The summed E-state index contributed by atoms with van der Waals surface area (Å²) in [6.07, 6.45) is 0.618. The van der Waals surface area contributed by atoms with Crippen molar-refractivity contribution < 1.29 is 18.3 Å². The average molecular weight is 279 g/mol. The predicted octanol–water partition coefficient (Wildman–Crippen LogP) is 0.944. The molecule has 7 heteroatoms. The zero-order valence-corrected chi connectivity index (χ0v) is 11.5. The van der Waals surface area contributed by atoms with E-state index >= 15 is 0 Å². The molecule has 0 bridgehead atoms. The molecule has 1 aromatic rings. The fraction of sp³-hybridized carbons (Fsp3) is 0.600. The third-order valence-electron chi connectivity index (χ3n) is 2.21. The number of rotatable bonds is 7. The van der Waals surface area contributed by atoms with Crippen LogP contribution in [0.4, 0.5) is 0 Å². The molecule has 1 atom stereocenters. The van der Waals surface area contributed by atoms with Gasteiger partial charge in [-0.25, -0.2) is 13.1 Å². The molecule has 0 radical (unpaired) electrons. The van der Waals surface area contributed by atoms with E-state index in [-0.39, 0.29) is 17.5 Å². The maximum Gasteiger partial charge on any atom is 0.241 e. The maximum absolute atomic E-state index is 11.9. The maximum atomic E-state index is 11.9. The molecule has 0 amide bonds. The van der Waals surface area contributed by atoms with E-state index in [2.05, 4.69) is 4.72 Å². The number of aliphatic hydroxyl groups excluding tert-OH is 1. The van der Waals surface area contributed by atoms with Gasteiger partial charge in [-0.3, -0.25) is 0 Å². The SMILES string of the molecule is COCCC(C)NS(=O)(=O)c1csc(CO)c1. The number of nitrogens with one attached hydrogen (secondary N) is 1. The van der Waals surface area contributed by atoms with Crippen LogP contribution in [0.5, 0.6) is 0 Å². The highest BCUT2D eigenvalue weighted by Crippen LogP contribution is 2.19. The summed E-state index contributed by atoms with van der Waals surface area (Å²) in [5.74, 6) is 0. The van der Waals surface area contributed by atoms with E-state index in [0.29, 0.717) is 17.9 Å². The summed E-state index contributed by atoms with van der Waals surface area (Å²) in [6, 6.07) is 1.30. The van der Waals surface area contributed by atoms with Gasteiger partial charge in [0.25, 0.3) is 0 Å². The standard InChI is InChI=1S/C10H17NO4S2/c1-8(3-4-15-2)11-17(13,14)10-5-9(6-12)16-7-10/h5,7-8,11-12H,3-4,6H2,1-2H3. The summed E-state index contributed by atoms with van der Waals surface area (Å²) >= 11 is 1.23. The van der Waals surface area contributed by atoms with E-state index < -0.39 is 10.0 Å². The third kappa shape index (κ3) is 4.36. The van der Waals surface area contributed by atoms with Gasteiger partial charge in [0.05, 0.1) is 11.5 Å². The molecule has 0 saturated heterocycles. The minimum atomic E-state index is -3.49. The van der Waals surface area contributed by atoms with E-state index in [1.807, 2.05) is 0 Å². The molecule has 0 spiro atoms. The van der Waals surface area contributed by atoms with Gasteiger partial charge >= 0.3 is 0 Å². The summed E-state index contributed by atoms with van der Waals surface area (Å²) < 4.78 is 31.3. The van der Waals surface area contributed by atoms with Crippen molar-refractivity contribution >= 4 is 21.4 Å². The molecule has 0 aromatic carbocycles. The highest BCUT2D eigenvalue weighted by molar-refractivity contribution is 7.89. The zero-order valence-electron chi connectivity index (χ0n) is 9.84. The monoisotopic (exact) mass is 279 g/mol. The van der Waals surface area contributed by atoms with Gasteiger partial charge in [0.15, 0.2) is 0 Å². The zero-order chi connectivity index (χ0) is 12.9. The summed E-state index contributed by atoms with van der Waals surface area (Å²) in [5.41, 5.74) is 0. The van der Waals surface area contributed by atoms with Gasteiger partial charge in [-0.05, 0) is 19.4 Å². The van der Waals surface area contributed by atoms with Crippen LogP contribution >= 0.6 is 11.3 Å². The molecule has 1 unspecified atom stereocenters. The Labute approximate surface area is 105 Å². The Morgan fingerprint density at radius 2 is 2.29 bits per heavy atom. The summed E-state index contributed by atoms with van der Waals surface area (Å²) in [4.78, 5) is 0.839. The average Bonchev–Trinajstić information content (AvgIpc) is 2.75. The molecule has 5 nitrogen and oxygen atoms in total. The minimum Gasteiger partial charge on any atom is -0.391 e. The first-order valence-electron chi connectivity index (χ1n) is 5.19. The first kappa shape index (κ1) is 14.6. The summed E-state index contributed by atoms with van der Waals surface area (Å²) in [5, 5.41) is 10.4. The molecule has 0 fully saturated rings. The first-order valence-corrected chi connectivity index (χ1v) is 7.55. The van der Waals surface area contributed by atoms with Gasteiger partial charge in [-0.15, -0.1) is 11.3 Å².